The third-order valence-electron chi connectivity index (χ3n) is 6.45. The van der Waals surface area contributed by atoms with Crippen LogP contribution in [0.1, 0.15) is 52.1 Å². The van der Waals surface area contributed by atoms with Crippen molar-refractivity contribution < 1.29 is 4.79 Å². The Morgan fingerprint density at radius 2 is 2.19 bits per heavy atom. The van der Waals surface area contributed by atoms with E-state index in [1.54, 1.807) is 17.5 Å². The van der Waals surface area contributed by atoms with Crippen molar-refractivity contribution in [3.63, 3.8) is 0 Å². The van der Waals surface area contributed by atoms with Gasteiger partial charge in [-0.1, -0.05) is 6.07 Å². The van der Waals surface area contributed by atoms with Crippen molar-refractivity contribution in [1.29, 1.82) is 0 Å². The number of nitrogens with zero attached hydrogens (tertiary/aromatic N) is 4. The summed E-state index contributed by atoms with van der Waals surface area (Å²) in [6.45, 7) is 5.18. The monoisotopic (exact) mass is 449 g/mol. The van der Waals surface area contributed by atoms with Gasteiger partial charge in [-0.25, -0.2) is 4.98 Å². The standard InChI is InChI=1S/C24H27N5O2S/c1-16-8-12-32-21(16)15-28-11-7-19-18(14-28)24(31)27-23(26-19)20-6-4-10-29(20)22(30)13-17-5-2-3-9-25-17/h2-3,5,8-9,12,20H,4,6-7,10-11,13-15H2,1H3,(H,26,27,31)/t20-/m0/s1. The van der Waals surface area contributed by atoms with Crippen LogP contribution in [0.5, 0.6) is 0 Å². The SMILES string of the molecule is Cc1ccsc1CN1CCc2nc([C@@H]3CCCN3C(=O)Cc3ccccn3)[nH]c(=O)c2C1. The third-order valence-corrected chi connectivity index (χ3v) is 7.46. The van der Waals surface area contributed by atoms with E-state index in [0.717, 1.165) is 49.3 Å². The summed E-state index contributed by atoms with van der Waals surface area (Å²) in [5.41, 5.74) is 3.64. The molecule has 0 unspecified atom stereocenters. The van der Waals surface area contributed by atoms with E-state index in [1.165, 1.54) is 10.4 Å². The maximum Gasteiger partial charge on any atom is 0.255 e. The fourth-order valence-corrected chi connectivity index (χ4v) is 5.62. The molecule has 3 aromatic rings. The molecule has 2 aliphatic heterocycles. The minimum atomic E-state index is -0.170. The van der Waals surface area contributed by atoms with Crippen molar-refractivity contribution >= 4 is 17.2 Å². The average molecular weight is 450 g/mol. The lowest BCUT2D eigenvalue weighted by Gasteiger charge is -2.29. The molecule has 0 radical (unpaired) electrons. The van der Waals surface area contributed by atoms with Crippen molar-refractivity contribution in [1.82, 2.24) is 24.8 Å². The van der Waals surface area contributed by atoms with Gasteiger partial charge >= 0.3 is 0 Å². The molecule has 0 aliphatic carbocycles. The van der Waals surface area contributed by atoms with Gasteiger partial charge in [-0.05, 0) is 48.9 Å². The van der Waals surface area contributed by atoms with Gasteiger partial charge in [-0.15, -0.1) is 11.3 Å². The van der Waals surface area contributed by atoms with Gasteiger partial charge in [-0.2, -0.15) is 0 Å². The number of carbonyl (C=O) groups is 1. The molecule has 1 saturated heterocycles. The highest BCUT2D eigenvalue weighted by Crippen LogP contribution is 2.31. The van der Waals surface area contributed by atoms with Gasteiger partial charge in [0.2, 0.25) is 5.91 Å². The van der Waals surface area contributed by atoms with E-state index in [0.29, 0.717) is 18.9 Å². The molecule has 32 heavy (non-hydrogen) atoms. The zero-order valence-electron chi connectivity index (χ0n) is 18.2. The number of aromatic nitrogens is 3. The van der Waals surface area contributed by atoms with Crippen LogP contribution in [0.4, 0.5) is 0 Å². The molecule has 5 heterocycles. The van der Waals surface area contributed by atoms with E-state index in [2.05, 4.69) is 33.2 Å². The average Bonchev–Trinajstić information content (AvgIpc) is 3.44. The van der Waals surface area contributed by atoms with Crippen LogP contribution in [0, 0.1) is 6.92 Å². The molecule has 0 spiro atoms. The second-order valence-electron chi connectivity index (χ2n) is 8.61. The molecular formula is C24H27N5O2S. The number of aryl methyl sites for hydroxylation is 1. The van der Waals surface area contributed by atoms with Gasteiger partial charge in [-0.3, -0.25) is 19.5 Å². The Kier molecular flexibility index (Phi) is 5.89. The molecule has 1 N–H and O–H groups in total. The third kappa shape index (κ3) is 4.25. The Balaban J connectivity index is 1.33. The van der Waals surface area contributed by atoms with E-state index in [4.69, 9.17) is 4.98 Å². The number of thiophene rings is 1. The number of likely N-dealkylation sites (tertiary alicyclic amines) is 1. The summed E-state index contributed by atoms with van der Waals surface area (Å²) in [5, 5.41) is 2.12. The number of hydrogen-bond acceptors (Lipinski definition) is 6. The van der Waals surface area contributed by atoms with Gasteiger partial charge in [0.25, 0.3) is 5.56 Å². The maximum absolute atomic E-state index is 13.0. The number of amides is 1. The Hall–Kier alpha value is -2.84. The van der Waals surface area contributed by atoms with Crippen LogP contribution < -0.4 is 5.56 Å². The van der Waals surface area contributed by atoms with Crippen LogP contribution in [-0.2, 0) is 30.7 Å². The second-order valence-corrected chi connectivity index (χ2v) is 9.61. The van der Waals surface area contributed by atoms with E-state index < -0.39 is 0 Å². The highest BCUT2D eigenvalue weighted by atomic mass is 32.1. The number of carbonyl (C=O) groups excluding carboxylic acids is 1. The molecule has 0 aromatic carbocycles. The van der Waals surface area contributed by atoms with Crippen LogP contribution in [-0.4, -0.2) is 43.7 Å². The highest BCUT2D eigenvalue weighted by Gasteiger charge is 2.33. The van der Waals surface area contributed by atoms with Crippen LogP contribution in [0.15, 0.2) is 40.6 Å². The maximum atomic E-state index is 13.0. The summed E-state index contributed by atoms with van der Waals surface area (Å²) in [4.78, 5) is 43.6. The zero-order valence-corrected chi connectivity index (χ0v) is 19.0. The summed E-state index contributed by atoms with van der Waals surface area (Å²) in [6, 6.07) is 7.57. The molecule has 7 nitrogen and oxygen atoms in total. The summed E-state index contributed by atoms with van der Waals surface area (Å²) in [5.74, 6) is 0.659. The quantitative estimate of drug-likeness (QED) is 0.648. The van der Waals surface area contributed by atoms with Crippen molar-refractivity contribution in [3.05, 3.63) is 79.4 Å². The largest absolute Gasteiger partial charge is 0.332 e. The minimum absolute atomic E-state index is 0.0315. The van der Waals surface area contributed by atoms with Crippen LogP contribution in [0.25, 0.3) is 0 Å². The van der Waals surface area contributed by atoms with E-state index >= 15 is 0 Å². The summed E-state index contributed by atoms with van der Waals surface area (Å²) in [6.07, 6.45) is 4.46. The lowest BCUT2D eigenvalue weighted by Crippen LogP contribution is -2.38. The normalized spacial score (nSPS) is 18.7. The lowest BCUT2D eigenvalue weighted by atomic mass is 10.1. The molecule has 1 fully saturated rings. The van der Waals surface area contributed by atoms with Crippen molar-refractivity contribution in [3.8, 4) is 0 Å². The molecule has 166 valence electrons. The molecule has 1 atom stereocenters. The Labute approximate surface area is 191 Å². The molecule has 2 aliphatic rings. The predicted octanol–water partition coefficient (Wildman–Crippen LogP) is 3.00. The molecule has 0 bridgehead atoms. The van der Waals surface area contributed by atoms with E-state index in [1.807, 2.05) is 23.1 Å². The second kappa shape index (κ2) is 8.96. The van der Waals surface area contributed by atoms with E-state index in [9.17, 15) is 9.59 Å². The number of H-pyrrole nitrogens is 1. The first-order chi connectivity index (χ1) is 15.6. The van der Waals surface area contributed by atoms with Crippen LogP contribution in [0.2, 0.25) is 0 Å². The Morgan fingerprint density at radius 1 is 1.28 bits per heavy atom. The fraction of sp³-hybridized carbons (Fsp3) is 0.417. The summed E-state index contributed by atoms with van der Waals surface area (Å²) < 4.78 is 0. The molecule has 8 heteroatoms. The minimum Gasteiger partial charge on any atom is -0.332 e. The molecule has 1 amide bonds. The highest BCUT2D eigenvalue weighted by molar-refractivity contribution is 7.10. The van der Waals surface area contributed by atoms with Crippen molar-refractivity contribution in [2.24, 2.45) is 0 Å². The van der Waals surface area contributed by atoms with Crippen LogP contribution in [0.3, 0.4) is 0 Å². The number of aromatic amines is 1. The van der Waals surface area contributed by atoms with Gasteiger partial charge in [0.1, 0.15) is 5.82 Å². The summed E-state index contributed by atoms with van der Waals surface area (Å²) in [7, 11) is 0. The lowest BCUT2D eigenvalue weighted by molar-refractivity contribution is -0.131. The van der Waals surface area contributed by atoms with Gasteiger partial charge in [0.05, 0.1) is 23.7 Å². The number of nitrogens with one attached hydrogen (secondary N) is 1. The first-order valence-electron chi connectivity index (χ1n) is 11.1. The predicted molar refractivity (Wildman–Crippen MR) is 123 cm³/mol. The van der Waals surface area contributed by atoms with Gasteiger partial charge in [0.15, 0.2) is 0 Å². The summed E-state index contributed by atoms with van der Waals surface area (Å²) >= 11 is 1.77. The van der Waals surface area contributed by atoms with Gasteiger partial charge < -0.3 is 9.88 Å². The van der Waals surface area contributed by atoms with E-state index in [-0.39, 0.29) is 23.9 Å². The fourth-order valence-electron chi connectivity index (χ4n) is 4.67. The van der Waals surface area contributed by atoms with Crippen molar-refractivity contribution in [2.75, 3.05) is 13.1 Å². The molecule has 5 rings (SSSR count). The number of fused-ring (bicyclic) bond motifs is 1. The Morgan fingerprint density at radius 3 is 2.97 bits per heavy atom. The first-order valence-corrected chi connectivity index (χ1v) is 12.0. The van der Waals surface area contributed by atoms with Gasteiger partial charge in [0, 0.05) is 49.4 Å². The zero-order chi connectivity index (χ0) is 22.1. The van der Waals surface area contributed by atoms with Crippen LogP contribution >= 0.6 is 11.3 Å². The number of pyridine rings is 1. The topological polar surface area (TPSA) is 82.2 Å². The first kappa shape index (κ1) is 21.0. The smallest absolute Gasteiger partial charge is 0.255 e. The number of rotatable bonds is 5. The van der Waals surface area contributed by atoms with Crippen molar-refractivity contribution in [2.45, 2.75) is 51.7 Å². The number of hydrogen-bond donors (Lipinski definition) is 1. The Bertz CT molecular complexity index is 1170. The molecule has 0 saturated carbocycles. The molecular weight excluding hydrogens is 422 g/mol. The molecule has 3 aromatic heterocycles.